The Bertz CT molecular complexity index is 550. The van der Waals surface area contributed by atoms with Crippen molar-refractivity contribution in [1.29, 1.82) is 5.26 Å². The molecule has 2 aromatic rings. The summed E-state index contributed by atoms with van der Waals surface area (Å²) in [6, 6.07) is 1.94. The normalized spacial score (nSPS) is 9.93. The molecule has 1 amide bonds. The van der Waals surface area contributed by atoms with Crippen LogP contribution < -0.4 is 5.73 Å². The topological polar surface area (TPSA) is 97.1 Å². The minimum Gasteiger partial charge on any atom is -0.366 e. The highest BCUT2D eigenvalue weighted by molar-refractivity contribution is 5.92. The minimum atomic E-state index is -0.576. The lowest BCUT2D eigenvalue weighted by Crippen LogP contribution is -2.12. The number of primary amides is 1. The first-order chi connectivity index (χ1) is 6.72. The van der Waals surface area contributed by atoms with Crippen molar-refractivity contribution in [2.24, 2.45) is 5.73 Å². The Morgan fingerprint density at radius 3 is 3.00 bits per heavy atom. The summed E-state index contributed by atoms with van der Waals surface area (Å²) in [5.74, 6) is -0.576. The van der Waals surface area contributed by atoms with Gasteiger partial charge in [-0.15, -0.1) is 0 Å². The summed E-state index contributed by atoms with van der Waals surface area (Å²) >= 11 is 0. The van der Waals surface area contributed by atoms with Gasteiger partial charge in [0.05, 0.1) is 11.8 Å². The van der Waals surface area contributed by atoms with E-state index in [1.54, 1.807) is 0 Å². The Hall–Kier alpha value is -2.42. The van der Waals surface area contributed by atoms with Crippen LogP contribution in [-0.2, 0) is 0 Å². The molecule has 0 saturated heterocycles. The van der Waals surface area contributed by atoms with E-state index < -0.39 is 5.91 Å². The fourth-order valence-electron chi connectivity index (χ4n) is 1.08. The van der Waals surface area contributed by atoms with E-state index in [4.69, 9.17) is 11.0 Å². The van der Waals surface area contributed by atoms with Gasteiger partial charge in [0.1, 0.15) is 11.6 Å². The third-order valence-electron chi connectivity index (χ3n) is 1.76. The minimum absolute atomic E-state index is 0.255. The predicted octanol–water partition coefficient (Wildman–Crippen LogP) is -0.300. The van der Waals surface area contributed by atoms with Crippen LogP contribution in [0, 0.1) is 11.3 Å². The summed E-state index contributed by atoms with van der Waals surface area (Å²) in [4.78, 5) is 14.7. The van der Waals surface area contributed by atoms with Gasteiger partial charge in [0.25, 0.3) is 5.91 Å². The molecule has 0 fully saturated rings. The van der Waals surface area contributed by atoms with Gasteiger partial charge in [-0.1, -0.05) is 0 Å². The van der Waals surface area contributed by atoms with Crippen molar-refractivity contribution in [1.82, 2.24) is 14.6 Å². The third-order valence-corrected chi connectivity index (χ3v) is 1.76. The molecule has 0 spiro atoms. The first-order valence-electron chi connectivity index (χ1n) is 3.75. The zero-order chi connectivity index (χ0) is 10.1. The van der Waals surface area contributed by atoms with Crippen LogP contribution in [0.3, 0.4) is 0 Å². The number of amides is 1. The lowest BCUT2D eigenvalue weighted by Gasteiger charge is -1.95. The molecule has 0 aliphatic carbocycles. The highest BCUT2D eigenvalue weighted by Crippen LogP contribution is 2.06. The molecule has 0 saturated carbocycles. The number of nitriles is 1. The van der Waals surface area contributed by atoms with E-state index in [0.29, 0.717) is 11.2 Å². The zero-order valence-corrected chi connectivity index (χ0v) is 7.01. The smallest absolute Gasteiger partial charge is 0.251 e. The maximum atomic E-state index is 10.8. The third kappa shape index (κ3) is 1.08. The van der Waals surface area contributed by atoms with Crippen LogP contribution in [0.25, 0.3) is 5.65 Å². The summed E-state index contributed by atoms with van der Waals surface area (Å²) in [6.07, 6.45) is 4.14. The van der Waals surface area contributed by atoms with Gasteiger partial charge < -0.3 is 5.73 Å². The average Bonchev–Trinajstić information content (AvgIpc) is 2.59. The van der Waals surface area contributed by atoms with Crippen molar-refractivity contribution in [2.75, 3.05) is 0 Å². The Morgan fingerprint density at radius 1 is 1.57 bits per heavy atom. The lowest BCUT2D eigenvalue weighted by molar-refractivity contribution is 0.0999. The van der Waals surface area contributed by atoms with E-state index in [2.05, 4.69) is 10.1 Å². The zero-order valence-electron chi connectivity index (χ0n) is 7.01. The fraction of sp³-hybridized carbons (Fsp3) is 0. The van der Waals surface area contributed by atoms with Crippen LogP contribution in [0.15, 0.2) is 18.6 Å². The molecule has 0 atom stereocenters. The van der Waals surface area contributed by atoms with Gasteiger partial charge in [-0.3, -0.25) is 4.79 Å². The second-order valence-corrected chi connectivity index (χ2v) is 2.65. The molecule has 0 radical (unpaired) electrons. The maximum Gasteiger partial charge on any atom is 0.251 e. The molecule has 0 unspecified atom stereocenters. The molecule has 2 heterocycles. The van der Waals surface area contributed by atoms with E-state index in [0.717, 1.165) is 0 Å². The summed E-state index contributed by atoms with van der Waals surface area (Å²) in [5.41, 5.74) is 6.09. The van der Waals surface area contributed by atoms with Crippen molar-refractivity contribution in [2.45, 2.75) is 0 Å². The van der Waals surface area contributed by atoms with E-state index in [9.17, 15) is 4.79 Å². The van der Waals surface area contributed by atoms with Gasteiger partial charge in [-0.2, -0.15) is 10.4 Å². The Balaban J connectivity index is 2.70. The summed E-state index contributed by atoms with van der Waals surface area (Å²) in [5, 5.41) is 12.5. The Morgan fingerprint density at radius 2 is 2.36 bits per heavy atom. The highest BCUT2D eigenvalue weighted by Gasteiger charge is 2.07. The van der Waals surface area contributed by atoms with Crippen molar-refractivity contribution in [3.8, 4) is 6.07 Å². The van der Waals surface area contributed by atoms with E-state index in [1.807, 2.05) is 6.07 Å². The average molecular weight is 187 g/mol. The highest BCUT2D eigenvalue weighted by atomic mass is 16.1. The molecule has 2 N–H and O–H groups in total. The summed E-state index contributed by atoms with van der Waals surface area (Å²) < 4.78 is 1.35. The number of nitrogens with zero attached hydrogens (tertiary/aromatic N) is 4. The van der Waals surface area contributed by atoms with Crippen molar-refractivity contribution >= 4 is 11.6 Å². The van der Waals surface area contributed by atoms with Gasteiger partial charge in [0, 0.05) is 12.4 Å². The largest absolute Gasteiger partial charge is 0.366 e. The van der Waals surface area contributed by atoms with Gasteiger partial charge in [-0.05, 0) is 0 Å². The van der Waals surface area contributed by atoms with E-state index >= 15 is 0 Å². The second-order valence-electron chi connectivity index (χ2n) is 2.65. The summed E-state index contributed by atoms with van der Waals surface area (Å²) in [6.45, 7) is 0. The van der Waals surface area contributed by atoms with Crippen LogP contribution in [0.2, 0.25) is 0 Å². The molecule has 0 aliphatic rings. The molecule has 2 rings (SSSR count). The van der Waals surface area contributed by atoms with Crippen molar-refractivity contribution < 1.29 is 4.79 Å². The van der Waals surface area contributed by atoms with Gasteiger partial charge in [0.15, 0.2) is 5.65 Å². The number of rotatable bonds is 1. The quantitative estimate of drug-likeness (QED) is 0.662. The summed E-state index contributed by atoms with van der Waals surface area (Å²) in [7, 11) is 0. The SMILES string of the molecule is N#Cc1cnn2cc(C(N)=O)cnc12. The Labute approximate surface area is 78.6 Å². The standard InChI is InChI=1S/C8H5N5O/c9-1-5-3-12-13-4-6(7(10)14)2-11-8(5)13/h2-4H,(H2,10,14). The molecular formula is C8H5N5O. The first-order valence-corrected chi connectivity index (χ1v) is 3.75. The molecule has 68 valence electrons. The van der Waals surface area contributed by atoms with Crippen LogP contribution >= 0.6 is 0 Å². The number of nitrogens with two attached hydrogens (primary N) is 1. The molecule has 14 heavy (non-hydrogen) atoms. The molecule has 0 aliphatic heterocycles. The van der Waals surface area contributed by atoms with Gasteiger partial charge in [0.2, 0.25) is 0 Å². The number of fused-ring (bicyclic) bond motifs is 1. The molecule has 2 aromatic heterocycles. The lowest BCUT2D eigenvalue weighted by atomic mass is 10.3. The number of aromatic nitrogens is 3. The van der Waals surface area contributed by atoms with Crippen LogP contribution in [-0.4, -0.2) is 20.5 Å². The predicted molar refractivity (Wildman–Crippen MR) is 46.2 cm³/mol. The van der Waals surface area contributed by atoms with E-state index in [-0.39, 0.29) is 5.56 Å². The number of hydrogen-bond acceptors (Lipinski definition) is 4. The van der Waals surface area contributed by atoms with Crippen LogP contribution in [0.5, 0.6) is 0 Å². The Kier molecular flexibility index (Phi) is 1.65. The number of carbonyl (C=O) groups is 1. The fourth-order valence-corrected chi connectivity index (χ4v) is 1.08. The molecule has 6 nitrogen and oxygen atoms in total. The first kappa shape index (κ1) is 8.19. The van der Waals surface area contributed by atoms with E-state index in [1.165, 1.54) is 23.1 Å². The van der Waals surface area contributed by atoms with Gasteiger partial charge >= 0.3 is 0 Å². The molecular weight excluding hydrogens is 182 g/mol. The molecule has 6 heteroatoms. The maximum absolute atomic E-state index is 10.8. The molecule has 0 bridgehead atoms. The van der Waals surface area contributed by atoms with Crippen molar-refractivity contribution in [3.63, 3.8) is 0 Å². The van der Waals surface area contributed by atoms with Crippen LogP contribution in [0.4, 0.5) is 0 Å². The van der Waals surface area contributed by atoms with Crippen LogP contribution in [0.1, 0.15) is 15.9 Å². The van der Waals surface area contributed by atoms with Crippen molar-refractivity contribution in [3.05, 3.63) is 29.7 Å². The number of hydrogen-bond donors (Lipinski definition) is 1. The monoisotopic (exact) mass is 187 g/mol. The number of carbonyl (C=O) groups excluding carboxylic acids is 1. The molecule has 0 aromatic carbocycles. The second kappa shape index (κ2) is 2.81. The van der Waals surface area contributed by atoms with Gasteiger partial charge in [-0.25, -0.2) is 9.50 Å².